The van der Waals surface area contributed by atoms with Crippen LogP contribution >= 0.6 is 0 Å². The average molecular weight is 564 g/mol. The number of allylic oxidation sites excluding steroid dienone is 5. The Morgan fingerprint density at radius 1 is 1.21 bits per heavy atom. The maximum Gasteiger partial charge on any atom is 0.307 e. The van der Waals surface area contributed by atoms with Crippen LogP contribution in [0.4, 0.5) is 23.2 Å². The van der Waals surface area contributed by atoms with E-state index in [1.54, 1.807) is 13.8 Å². The van der Waals surface area contributed by atoms with E-state index < -0.39 is 47.4 Å². The minimum atomic E-state index is -1.69. The summed E-state index contributed by atoms with van der Waals surface area (Å²) in [5, 5.41) is 9.76. The number of carboxylic acid groups (broad SMARTS) is 1. The molecule has 4 rings (SSSR count). The second-order valence-electron chi connectivity index (χ2n) is 9.58. The van der Waals surface area contributed by atoms with Crippen LogP contribution in [-0.2, 0) is 33.7 Å². The van der Waals surface area contributed by atoms with Crippen molar-refractivity contribution >= 4 is 28.6 Å². The van der Waals surface area contributed by atoms with Gasteiger partial charge in [-0.2, -0.15) is 4.31 Å². The zero-order valence-electron chi connectivity index (χ0n) is 22.0. The number of ether oxygens (including phenoxy) is 1. The number of hydrogen-bond donors (Lipinski definition) is 1. The van der Waals surface area contributed by atoms with Crippen LogP contribution in [0.2, 0.25) is 0 Å². The van der Waals surface area contributed by atoms with Crippen LogP contribution in [0.5, 0.6) is 0 Å². The number of carboxylic acids is 1. The summed E-state index contributed by atoms with van der Waals surface area (Å²) in [5.74, 6) is -3.41. The molecule has 2 aliphatic rings. The standard InChI is InChI=1S/C29H29F4NO4S/c1-15-19(13-24(35)36)25(20-12-18(30)11-17(28(20)33)7-6-10-38-3)16(2)26-27-21(14-34(29(15)26)39(4)37)22(31)8-5-9-23(27)32/h5,8-9,11-12,22H,6-7,10,13-14H2,1-4H3,(H,35,36). The Balaban J connectivity index is 2.12. The molecule has 10 heteroatoms. The molecular weight excluding hydrogens is 534 g/mol. The predicted octanol–water partition coefficient (Wildman–Crippen LogP) is 6.08. The number of anilines is 1. The van der Waals surface area contributed by atoms with E-state index in [0.717, 1.165) is 18.2 Å². The summed E-state index contributed by atoms with van der Waals surface area (Å²) in [6.45, 7) is 3.25. The van der Waals surface area contributed by atoms with Crippen LogP contribution in [0, 0.1) is 25.5 Å². The van der Waals surface area contributed by atoms with E-state index in [2.05, 4.69) is 0 Å². The minimum Gasteiger partial charge on any atom is -0.593 e. The quantitative estimate of drug-likeness (QED) is 0.239. The zero-order valence-corrected chi connectivity index (χ0v) is 22.9. The van der Waals surface area contributed by atoms with Gasteiger partial charge in [0.05, 0.1) is 30.0 Å². The highest BCUT2D eigenvalue weighted by Gasteiger charge is 2.39. The minimum absolute atomic E-state index is 0.0413. The molecule has 1 aliphatic heterocycles. The van der Waals surface area contributed by atoms with Crippen molar-refractivity contribution in [1.82, 2.24) is 0 Å². The number of carbonyl (C=O) groups is 1. The summed E-state index contributed by atoms with van der Waals surface area (Å²) in [7, 11) is 1.50. The zero-order chi connectivity index (χ0) is 28.6. The number of nitrogens with zero attached hydrogens (tertiary/aromatic N) is 1. The predicted molar refractivity (Wildman–Crippen MR) is 144 cm³/mol. The molecule has 0 saturated heterocycles. The Bertz CT molecular complexity index is 1420. The van der Waals surface area contributed by atoms with Gasteiger partial charge >= 0.3 is 5.97 Å². The molecule has 0 aromatic heterocycles. The van der Waals surface area contributed by atoms with Crippen LogP contribution in [-0.4, -0.2) is 48.3 Å². The number of hydrogen-bond acceptors (Lipinski definition) is 4. The lowest BCUT2D eigenvalue weighted by Crippen LogP contribution is -2.38. The van der Waals surface area contributed by atoms with Crippen molar-refractivity contribution in [2.75, 3.05) is 30.8 Å². The van der Waals surface area contributed by atoms with Crippen molar-refractivity contribution in [3.8, 4) is 11.1 Å². The monoisotopic (exact) mass is 563 g/mol. The molecule has 39 heavy (non-hydrogen) atoms. The van der Waals surface area contributed by atoms with Crippen molar-refractivity contribution in [1.29, 1.82) is 0 Å². The number of methoxy groups -OCH3 is 1. The Hall–Kier alpha value is -3.08. The van der Waals surface area contributed by atoms with E-state index in [4.69, 9.17) is 4.74 Å². The summed E-state index contributed by atoms with van der Waals surface area (Å²) < 4.78 is 80.9. The molecule has 1 aliphatic carbocycles. The Kier molecular flexibility index (Phi) is 8.58. The van der Waals surface area contributed by atoms with Gasteiger partial charge in [0.15, 0.2) is 0 Å². The summed E-state index contributed by atoms with van der Waals surface area (Å²) in [6, 6.07) is 2.07. The number of aryl methyl sites for hydroxylation is 1. The first kappa shape index (κ1) is 28.9. The highest BCUT2D eigenvalue weighted by molar-refractivity contribution is 7.92. The van der Waals surface area contributed by atoms with Crippen molar-refractivity contribution in [2.24, 2.45) is 0 Å². The summed E-state index contributed by atoms with van der Waals surface area (Å²) in [5.41, 5.74) is 1.19. The number of fused-ring (bicyclic) bond motifs is 2. The molecular formula is C29H29F4NO4S. The number of aliphatic carboxylic acids is 1. The fourth-order valence-electron chi connectivity index (χ4n) is 5.45. The third-order valence-corrected chi connectivity index (χ3v) is 8.07. The average Bonchev–Trinajstić information content (AvgIpc) is 3.01. The van der Waals surface area contributed by atoms with Gasteiger partial charge in [0, 0.05) is 36.0 Å². The normalized spacial score (nSPS) is 17.5. The van der Waals surface area contributed by atoms with Crippen molar-refractivity contribution in [3.05, 3.63) is 81.2 Å². The van der Waals surface area contributed by atoms with Crippen LogP contribution in [0.15, 0.2) is 41.8 Å². The molecule has 0 amide bonds. The molecule has 2 aromatic rings. The second kappa shape index (κ2) is 11.6. The molecule has 0 spiro atoms. The number of rotatable bonds is 8. The maximum absolute atomic E-state index is 16.0. The highest BCUT2D eigenvalue weighted by Crippen LogP contribution is 2.50. The number of benzene rings is 2. The first-order valence-electron chi connectivity index (χ1n) is 12.4. The fraction of sp³-hybridized carbons (Fsp3) is 0.345. The van der Waals surface area contributed by atoms with Crippen LogP contribution in [0.25, 0.3) is 16.7 Å². The Morgan fingerprint density at radius 2 is 1.92 bits per heavy atom. The summed E-state index contributed by atoms with van der Waals surface area (Å²) >= 11 is -1.69. The van der Waals surface area contributed by atoms with Crippen molar-refractivity contribution < 1.29 is 36.8 Å². The van der Waals surface area contributed by atoms with Gasteiger partial charge < -0.3 is 14.4 Å². The lowest BCUT2D eigenvalue weighted by molar-refractivity contribution is -0.136. The third-order valence-electron chi connectivity index (χ3n) is 7.14. The maximum atomic E-state index is 16.0. The van der Waals surface area contributed by atoms with Gasteiger partial charge in [0.25, 0.3) is 0 Å². The molecule has 208 valence electrons. The van der Waals surface area contributed by atoms with Gasteiger partial charge in [-0.05, 0) is 78.8 Å². The first-order chi connectivity index (χ1) is 18.5. The highest BCUT2D eigenvalue weighted by atomic mass is 32.2. The lowest BCUT2D eigenvalue weighted by atomic mass is 9.79. The Labute approximate surface area is 227 Å². The van der Waals surface area contributed by atoms with Gasteiger partial charge in [-0.3, -0.25) is 4.79 Å². The molecule has 2 atom stereocenters. The fourth-order valence-corrected chi connectivity index (χ4v) is 6.25. The van der Waals surface area contributed by atoms with E-state index in [1.807, 2.05) is 0 Å². The number of halogens is 4. The van der Waals surface area contributed by atoms with Gasteiger partial charge in [0.1, 0.15) is 29.9 Å². The second-order valence-corrected chi connectivity index (χ2v) is 10.9. The van der Waals surface area contributed by atoms with Gasteiger partial charge in [-0.25, -0.2) is 17.6 Å². The molecule has 0 radical (unpaired) electrons. The Morgan fingerprint density at radius 3 is 2.56 bits per heavy atom. The van der Waals surface area contributed by atoms with Crippen LogP contribution < -0.4 is 4.31 Å². The van der Waals surface area contributed by atoms with Gasteiger partial charge in [0.2, 0.25) is 0 Å². The van der Waals surface area contributed by atoms with E-state index in [0.29, 0.717) is 18.6 Å². The molecule has 0 fully saturated rings. The van der Waals surface area contributed by atoms with Gasteiger partial charge in [-0.15, -0.1) is 0 Å². The molecule has 0 bridgehead atoms. The molecule has 1 heterocycles. The molecule has 2 aromatic carbocycles. The topological polar surface area (TPSA) is 72.8 Å². The van der Waals surface area contributed by atoms with Crippen molar-refractivity contribution in [2.45, 2.75) is 39.3 Å². The van der Waals surface area contributed by atoms with E-state index in [1.165, 1.54) is 29.8 Å². The molecule has 5 nitrogen and oxygen atoms in total. The molecule has 0 saturated carbocycles. The van der Waals surface area contributed by atoms with E-state index >= 15 is 13.2 Å². The van der Waals surface area contributed by atoms with Crippen molar-refractivity contribution in [3.63, 3.8) is 0 Å². The lowest BCUT2D eigenvalue weighted by Gasteiger charge is -2.36. The summed E-state index contributed by atoms with van der Waals surface area (Å²) in [6.07, 6.45) is 3.32. The largest absolute Gasteiger partial charge is 0.593 e. The number of alkyl halides is 1. The summed E-state index contributed by atoms with van der Waals surface area (Å²) in [4.78, 5) is 12.0. The third kappa shape index (κ3) is 5.37. The van der Waals surface area contributed by atoms with Gasteiger partial charge in [-0.1, -0.05) is 6.08 Å². The van der Waals surface area contributed by atoms with Crippen LogP contribution in [0.3, 0.4) is 0 Å². The van der Waals surface area contributed by atoms with E-state index in [-0.39, 0.29) is 63.2 Å². The molecule has 2 unspecified atom stereocenters. The van der Waals surface area contributed by atoms with E-state index in [9.17, 15) is 18.8 Å². The van der Waals surface area contributed by atoms with Crippen LogP contribution in [0.1, 0.15) is 34.2 Å². The molecule has 1 N–H and O–H groups in total. The smallest absolute Gasteiger partial charge is 0.307 e. The first-order valence-corrected chi connectivity index (χ1v) is 13.9. The SMILES string of the molecule is COCCCc1cc(F)cc(-c2c(C)c3c(c(C)c2CC(=O)O)N([S+](C)[O-])CC2=C3C(F)=CC=CC2F)c1F.